The largest absolute Gasteiger partial charge is 0.361 e. The summed E-state index contributed by atoms with van der Waals surface area (Å²) in [6, 6.07) is 5.79. The van der Waals surface area contributed by atoms with Crippen molar-refractivity contribution in [1.82, 2.24) is 30.5 Å². The third-order valence-electron chi connectivity index (χ3n) is 5.35. The van der Waals surface area contributed by atoms with Gasteiger partial charge in [-0.3, -0.25) is 4.79 Å². The van der Waals surface area contributed by atoms with Gasteiger partial charge in [0.2, 0.25) is 0 Å². The average Bonchev–Trinajstić information content (AvgIpc) is 3.46. The molecule has 4 aromatic rings. The number of nitrogens with zero attached hydrogens (tertiary/aromatic N) is 4. The second-order valence-corrected chi connectivity index (χ2v) is 8.68. The Bertz CT molecular complexity index is 1180. The molecule has 0 spiro atoms. The van der Waals surface area contributed by atoms with Gasteiger partial charge in [0.25, 0.3) is 5.91 Å². The summed E-state index contributed by atoms with van der Waals surface area (Å²) in [5.41, 5.74) is 4.06. The number of carbonyl (C=O) groups excluding carboxylic acids is 1. The Morgan fingerprint density at radius 3 is 3.07 bits per heavy atom. The number of hydrogen-bond donors (Lipinski definition) is 2. The van der Waals surface area contributed by atoms with E-state index in [-0.39, 0.29) is 5.91 Å². The van der Waals surface area contributed by atoms with Crippen molar-refractivity contribution in [2.24, 2.45) is 0 Å². The van der Waals surface area contributed by atoms with Gasteiger partial charge in [-0.05, 0) is 71.9 Å². The van der Waals surface area contributed by atoms with Gasteiger partial charge in [0.15, 0.2) is 0 Å². The highest BCUT2D eigenvalue weighted by Gasteiger charge is 2.26. The number of hydrogen-bond acceptors (Lipinski definition) is 5. The van der Waals surface area contributed by atoms with Crippen LogP contribution < -0.4 is 5.32 Å². The van der Waals surface area contributed by atoms with Crippen molar-refractivity contribution in [2.45, 2.75) is 32.1 Å². The molecule has 2 N–H and O–H groups in total. The average molecular weight is 427 g/mol. The van der Waals surface area contributed by atoms with Crippen LogP contribution in [0.2, 0.25) is 5.02 Å². The number of fused-ring (bicyclic) bond motifs is 2. The van der Waals surface area contributed by atoms with Gasteiger partial charge in [-0.2, -0.15) is 4.68 Å². The van der Waals surface area contributed by atoms with Crippen molar-refractivity contribution in [3.8, 4) is 5.00 Å². The summed E-state index contributed by atoms with van der Waals surface area (Å²) in [5.74, 6) is -0.0622. The molecular formula is C20H19ClN6OS. The summed E-state index contributed by atoms with van der Waals surface area (Å²) in [4.78, 5) is 17.7. The Kier molecular flexibility index (Phi) is 4.81. The zero-order valence-corrected chi connectivity index (χ0v) is 17.2. The van der Waals surface area contributed by atoms with Crippen LogP contribution in [0, 0.1) is 0 Å². The minimum Gasteiger partial charge on any atom is -0.361 e. The Morgan fingerprint density at radius 2 is 2.21 bits per heavy atom. The highest BCUT2D eigenvalue weighted by atomic mass is 35.5. The molecule has 1 aliphatic carbocycles. The second kappa shape index (κ2) is 7.61. The summed E-state index contributed by atoms with van der Waals surface area (Å²) in [6.45, 7) is 0.540. The molecule has 9 heteroatoms. The van der Waals surface area contributed by atoms with Crippen LogP contribution in [-0.2, 0) is 19.3 Å². The molecule has 29 heavy (non-hydrogen) atoms. The van der Waals surface area contributed by atoms with Crippen molar-refractivity contribution in [2.75, 3.05) is 6.54 Å². The SMILES string of the molecule is O=C(NCCc1c[nH]c2ccc(Cl)cc12)c1c(-n2cnnn2)sc2c1CCCC2. The molecule has 0 unspecified atom stereocenters. The third kappa shape index (κ3) is 3.42. The maximum absolute atomic E-state index is 13.1. The maximum atomic E-state index is 13.1. The van der Waals surface area contributed by atoms with E-state index in [0.717, 1.165) is 64.7 Å². The Hall–Kier alpha value is -2.71. The number of tetrazole rings is 1. The standard InChI is InChI=1S/C20H19ClN6OS/c21-13-5-6-16-15(9-13)12(10-23-16)7-8-22-19(28)18-14-3-1-2-4-17(14)29-20(18)27-11-24-25-26-27/h5-6,9-11,23H,1-4,7-8H2,(H,22,28). The molecule has 3 aromatic heterocycles. The number of aromatic nitrogens is 5. The van der Waals surface area contributed by atoms with Crippen molar-refractivity contribution in [1.29, 1.82) is 0 Å². The first-order valence-electron chi connectivity index (χ1n) is 9.62. The van der Waals surface area contributed by atoms with Gasteiger partial charge < -0.3 is 10.3 Å². The van der Waals surface area contributed by atoms with Crippen LogP contribution in [0.1, 0.15) is 39.2 Å². The van der Waals surface area contributed by atoms with Crippen LogP contribution in [0.25, 0.3) is 15.9 Å². The summed E-state index contributed by atoms with van der Waals surface area (Å²) in [6.07, 6.45) is 8.45. The molecular weight excluding hydrogens is 408 g/mol. The van der Waals surface area contributed by atoms with Crippen LogP contribution in [0.3, 0.4) is 0 Å². The van der Waals surface area contributed by atoms with E-state index in [2.05, 4.69) is 25.8 Å². The zero-order valence-electron chi connectivity index (χ0n) is 15.6. The van der Waals surface area contributed by atoms with Crippen LogP contribution >= 0.6 is 22.9 Å². The molecule has 7 nitrogen and oxygen atoms in total. The number of carbonyl (C=O) groups is 1. The molecule has 1 aromatic carbocycles. The monoisotopic (exact) mass is 426 g/mol. The van der Waals surface area contributed by atoms with Gasteiger partial charge in [-0.1, -0.05) is 11.6 Å². The van der Waals surface area contributed by atoms with Crippen molar-refractivity contribution >= 4 is 39.7 Å². The van der Waals surface area contributed by atoms with Crippen LogP contribution in [0.5, 0.6) is 0 Å². The molecule has 5 rings (SSSR count). The molecule has 0 saturated heterocycles. The Labute approximate surface area is 176 Å². The number of halogens is 1. The second-order valence-electron chi connectivity index (χ2n) is 7.16. The lowest BCUT2D eigenvalue weighted by Gasteiger charge is -2.13. The van der Waals surface area contributed by atoms with E-state index < -0.39 is 0 Å². The predicted octanol–water partition coefficient (Wildman–Crippen LogP) is 3.71. The van der Waals surface area contributed by atoms with E-state index in [1.807, 2.05) is 24.4 Å². The van der Waals surface area contributed by atoms with Crippen molar-refractivity contribution < 1.29 is 4.79 Å². The number of rotatable bonds is 5. The summed E-state index contributed by atoms with van der Waals surface area (Å²) in [7, 11) is 0. The summed E-state index contributed by atoms with van der Waals surface area (Å²) in [5, 5.41) is 17.2. The summed E-state index contributed by atoms with van der Waals surface area (Å²) >= 11 is 7.76. The number of thiophene rings is 1. The molecule has 0 saturated carbocycles. The number of H-pyrrole nitrogens is 1. The first-order valence-corrected chi connectivity index (χ1v) is 10.8. The van der Waals surface area contributed by atoms with E-state index in [4.69, 9.17) is 11.6 Å². The lowest BCUT2D eigenvalue weighted by Crippen LogP contribution is -2.27. The Morgan fingerprint density at radius 1 is 1.31 bits per heavy atom. The number of benzene rings is 1. The van der Waals surface area contributed by atoms with Crippen molar-refractivity contribution in [3.63, 3.8) is 0 Å². The molecule has 0 bridgehead atoms. The zero-order chi connectivity index (χ0) is 19.8. The van der Waals surface area contributed by atoms with E-state index >= 15 is 0 Å². The van der Waals surface area contributed by atoms with Gasteiger partial charge in [0.1, 0.15) is 11.3 Å². The van der Waals surface area contributed by atoms with Gasteiger partial charge in [0, 0.05) is 33.5 Å². The highest BCUT2D eigenvalue weighted by molar-refractivity contribution is 7.15. The number of aromatic amines is 1. The molecule has 3 heterocycles. The Balaban J connectivity index is 1.37. The highest BCUT2D eigenvalue weighted by Crippen LogP contribution is 2.36. The lowest BCUT2D eigenvalue weighted by molar-refractivity contribution is 0.0953. The number of aryl methyl sites for hydroxylation is 1. The normalized spacial score (nSPS) is 13.6. The lowest BCUT2D eigenvalue weighted by atomic mass is 9.95. The van der Waals surface area contributed by atoms with E-state index in [1.54, 1.807) is 22.3 Å². The molecule has 1 amide bonds. The van der Waals surface area contributed by atoms with E-state index in [0.29, 0.717) is 11.6 Å². The minimum atomic E-state index is -0.0622. The smallest absolute Gasteiger partial charge is 0.254 e. The van der Waals surface area contributed by atoms with Crippen LogP contribution in [-0.4, -0.2) is 37.6 Å². The topological polar surface area (TPSA) is 88.5 Å². The molecule has 1 aliphatic rings. The van der Waals surface area contributed by atoms with Gasteiger partial charge >= 0.3 is 0 Å². The molecule has 0 radical (unpaired) electrons. The maximum Gasteiger partial charge on any atom is 0.254 e. The van der Waals surface area contributed by atoms with E-state index in [9.17, 15) is 4.79 Å². The van der Waals surface area contributed by atoms with E-state index in [1.165, 1.54) is 4.88 Å². The first-order chi connectivity index (χ1) is 14.2. The first kappa shape index (κ1) is 18.3. The van der Waals surface area contributed by atoms with Crippen molar-refractivity contribution in [3.05, 3.63) is 57.3 Å². The van der Waals surface area contributed by atoms with Crippen LogP contribution in [0.15, 0.2) is 30.7 Å². The van der Waals surface area contributed by atoms with Crippen LogP contribution in [0.4, 0.5) is 0 Å². The fourth-order valence-corrected chi connectivity index (χ4v) is 5.43. The fraction of sp³-hybridized carbons (Fsp3) is 0.300. The quantitative estimate of drug-likeness (QED) is 0.509. The molecule has 0 atom stereocenters. The van der Waals surface area contributed by atoms with Gasteiger partial charge in [-0.15, -0.1) is 16.4 Å². The minimum absolute atomic E-state index is 0.0622. The molecule has 148 valence electrons. The summed E-state index contributed by atoms with van der Waals surface area (Å²) < 4.78 is 1.60. The molecule has 0 aliphatic heterocycles. The fourth-order valence-electron chi connectivity index (χ4n) is 3.96. The number of amides is 1. The van der Waals surface area contributed by atoms with Gasteiger partial charge in [-0.25, -0.2) is 0 Å². The third-order valence-corrected chi connectivity index (χ3v) is 6.86. The molecule has 0 fully saturated rings. The van der Waals surface area contributed by atoms with Gasteiger partial charge in [0.05, 0.1) is 5.56 Å². The number of nitrogens with one attached hydrogen (secondary N) is 2. The predicted molar refractivity (Wildman–Crippen MR) is 113 cm³/mol.